The fraction of sp³-hybridized carbons (Fsp3) is 0.383. The summed E-state index contributed by atoms with van der Waals surface area (Å²) in [7, 11) is 0.848. The molecule has 1 aliphatic heterocycles. The molecule has 336 valence electrons. The summed E-state index contributed by atoms with van der Waals surface area (Å²) in [5, 5.41) is 16.4. The molecule has 0 spiro atoms. The second kappa shape index (κ2) is 20.0. The van der Waals surface area contributed by atoms with Crippen LogP contribution in [0.3, 0.4) is 0 Å². The van der Waals surface area contributed by atoms with Crippen molar-refractivity contribution in [3.05, 3.63) is 158 Å². The lowest BCUT2D eigenvalue weighted by Crippen LogP contribution is -2.52. The molecule has 4 aromatic carbocycles. The Balaban J connectivity index is 1.53. The highest BCUT2D eigenvalue weighted by atomic mass is 31.2. The summed E-state index contributed by atoms with van der Waals surface area (Å²) in [5.41, 5.74) is 0.0896. The van der Waals surface area contributed by atoms with E-state index in [2.05, 4.69) is 10.1 Å². The summed E-state index contributed by atoms with van der Waals surface area (Å²) >= 11 is 0. The second-order valence-corrected chi connectivity index (χ2v) is 17.9. The zero-order valence-electron chi connectivity index (χ0n) is 37.2. The Hall–Kier alpha value is -5.38. The van der Waals surface area contributed by atoms with Gasteiger partial charge in [-0.3, -0.25) is 19.1 Å². The predicted octanol–water partition coefficient (Wildman–Crippen LogP) is 7.14. The number of ether oxygens (including phenoxy) is 5. The van der Waals surface area contributed by atoms with Gasteiger partial charge in [-0.05, 0) is 107 Å². The standard InChI is InChI=1S/C47H57N4O11P/c1-10-60-63(51(31(2)3)32(4)5,49-44(53)34-16-22-38(56-7)23-17-34)62-46(55)28-42(50-29-33(6)43(52)48-45(50)54)61-41(46)30-59-47(35-14-12-11-13-15-35,36-18-24-39(57-8)25-19-36)37-20-26-40(58-9)27-21-37/h11-27,29,31-32,41-42,55H,10,28,30H2,1-9H3,(H-,48,49,52,53,54)/p+1/t41-,42-,46+,63?/m1/s1. The maximum atomic E-state index is 14.3. The summed E-state index contributed by atoms with van der Waals surface area (Å²) in [5.74, 6) is -1.000. The first kappa shape index (κ1) is 47.1. The van der Waals surface area contributed by atoms with Crippen molar-refractivity contribution in [1.29, 1.82) is 0 Å². The van der Waals surface area contributed by atoms with Crippen molar-refractivity contribution >= 4 is 13.9 Å². The molecule has 63 heavy (non-hydrogen) atoms. The molecule has 1 amide bonds. The minimum absolute atomic E-state index is 0.0821. The molecule has 1 unspecified atom stereocenters. The molecule has 1 aliphatic rings. The maximum Gasteiger partial charge on any atom is 0.465 e. The van der Waals surface area contributed by atoms with Crippen molar-refractivity contribution in [1.82, 2.24) is 19.3 Å². The zero-order chi connectivity index (χ0) is 45.5. The monoisotopic (exact) mass is 885 g/mol. The van der Waals surface area contributed by atoms with E-state index in [1.54, 1.807) is 52.3 Å². The molecule has 0 saturated carbocycles. The SMILES string of the molecule is CCO[P+](NC(=O)c1ccc(OC)cc1)(O[C@@]1(O)C[C@H](n2cc(C)c(=O)[nH]c2=O)O[C@@H]1COC(c1ccccc1)(c1ccc(OC)cc1)c1ccc(OC)cc1)N(C(C)C)C(C)C. The number of carbonyl (C=O) groups excluding carboxylic acids is 1. The third-order valence-electron chi connectivity index (χ3n) is 10.9. The van der Waals surface area contributed by atoms with E-state index in [0.717, 1.165) is 16.7 Å². The molecule has 16 heteroatoms. The van der Waals surface area contributed by atoms with Crippen molar-refractivity contribution in [2.24, 2.45) is 0 Å². The average Bonchev–Trinajstić information content (AvgIpc) is 3.60. The number of rotatable bonds is 19. The normalized spacial score (nSPS) is 18.7. The number of nitrogens with zero attached hydrogens (tertiary/aromatic N) is 2. The van der Waals surface area contributed by atoms with E-state index in [-0.39, 0.29) is 37.3 Å². The van der Waals surface area contributed by atoms with Crippen molar-refractivity contribution in [2.75, 3.05) is 34.5 Å². The third kappa shape index (κ3) is 9.90. The molecule has 1 fully saturated rings. The van der Waals surface area contributed by atoms with Gasteiger partial charge in [0.15, 0.2) is 0 Å². The van der Waals surface area contributed by atoms with Crippen LogP contribution in [0.2, 0.25) is 0 Å². The van der Waals surface area contributed by atoms with Gasteiger partial charge < -0.3 is 28.8 Å². The first-order chi connectivity index (χ1) is 30.1. The van der Waals surface area contributed by atoms with Crippen molar-refractivity contribution < 1.29 is 42.6 Å². The number of benzene rings is 4. The summed E-state index contributed by atoms with van der Waals surface area (Å²) in [4.78, 5) is 42.6. The number of hydrogen-bond acceptors (Lipinski definition) is 12. The number of hydrogen-bond donors (Lipinski definition) is 3. The van der Waals surface area contributed by atoms with E-state index in [9.17, 15) is 19.5 Å². The van der Waals surface area contributed by atoms with Gasteiger partial charge in [-0.25, -0.2) is 4.79 Å². The van der Waals surface area contributed by atoms with Crippen LogP contribution in [0.4, 0.5) is 0 Å². The molecule has 5 aromatic rings. The molecule has 0 radical (unpaired) electrons. The quantitative estimate of drug-likeness (QED) is 0.0436. The Labute approximate surface area is 368 Å². The van der Waals surface area contributed by atoms with Gasteiger partial charge in [0.25, 0.3) is 11.5 Å². The van der Waals surface area contributed by atoms with Crippen LogP contribution in [0.15, 0.2) is 119 Å². The van der Waals surface area contributed by atoms with Gasteiger partial charge in [0, 0.05) is 29.4 Å². The number of aromatic amines is 1. The minimum Gasteiger partial charge on any atom is -0.497 e. The Kier molecular flexibility index (Phi) is 14.9. The number of aromatic nitrogens is 2. The lowest BCUT2D eigenvalue weighted by atomic mass is 9.80. The summed E-state index contributed by atoms with van der Waals surface area (Å²) < 4.78 is 47.0. The summed E-state index contributed by atoms with van der Waals surface area (Å²) in [6.45, 7) is 10.8. The Morgan fingerprint density at radius 2 is 1.37 bits per heavy atom. The highest BCUT2D eigenvalue weighted by Crippen LogP contribution is 2.66. The van der Waals surface area contributed by atoms with Crippen LogP contribution in [0.1, 0.15) is 79.9 Å². The van der Waals surface area contributed by atoms with E-state index in [1.807, 2.05) is 111 Å². The molecular weight excluding hydrogens is 828 g/mol. The Morgan fingerprint density at radius 1 is 0.857 bits per heavy atom. The molecule has 3 N–H and O–H groups in total. The van der Waals surface area contributed by atoms with E-state index >= 15 is 0 Å². The largest absolute Gasteiger partial charge is 0.497 e. The molecule has 1 aromatic heterocycles. The van der Waals surface area contributed by atoms with E-state index in [0.29, 0.717) is 22.8 Å². The number of aliphatic hydroxyl groups is 1. The fourth-order valence-electron chi connectivity index (χ4n) is 8.01. The first-order valence-corrected chi connectivity index (χ1v) is 22.4. The topological polar surface area (TPSA) is 172 Å². The first-order valence-electron chi connectivity index (χ1n) is 20.8. The van der Waals surface area contributed by atoms with Crippen LogP contribution in [-0.2, 0) is 24.1 Å². The number of carbonyl (C=O) groups is 1. The van der Waals surface area contributed by atoms with Gasteiger partial charge in [-0.1, -0.05) is 54.6 Å². The molecule has 0 aliphatic carbocycles. The average molecular weight is 886 g/mol. The lowest BCUT2D eigenvalue weighted by Gasteiger charge is -2.41. The molecule has 1 saturated heterocycles. The number of H-pyrrole nitrogens is 1. The number of aryl methyl sites for hydroxylation is 1. The maximum absolute atomic E-state index is 14.3. The smallest absolute Gasteiger partial charge is 0.465 e. The second-order valence-electron chi connectivity index (χ2n) is 15.7. The van der Waals surface area contributed by atoms with E-state index in [4.69, 9.17) is 32.7 Å². The summed E-state index contributed by atoms with van der Waals surface area (Å²) in [6.07, 6.45) is -1.48. The van der Waals surface area contributed by atoms with Crippen LogP contribution < -0.4 is 30.5 Å². The number of methoxy groups -OCH3 is 3. The molecule has 15 nitrogen and oxygen atoms in total. The molecule has 6 rings (SSSR count). The van der Waals surface area contributed by atoms with Crippen LogP contribution >= 0.6 is 8.02 Å². The van der Waals surface area contributed by atoms with Gasteiger partial charge in [0.2, 0.25) is 5.79 Å². The van der Waals surface area contributed by atoms with E-state index < -0.39 is 48.9 Å². The minimum atomic E-state index is -3.87. The van der Waals surface area contributed by atoms with Crippen molar-refractivity contribution in [2.45, 2.75) is 83.8 Å². The van der Waals surface area contributed by atoms with Gasteiger partial charge in [0.05, 0.1) is 41.0 Å². The number of amides is 1. The van der Waals surface area contributed by atoms with E-state index in [1.165, 1.54) is 17.9 Å². The van der Waals surface area contributed by atoms with Crippen molar-refractivity contribution in [3.63, 3.8) is 0 Å². The molecule has 2 heterocycles. The number of nitrogens with one attached hydrogen (secondary N) is 2. The third-order valence-corrected chi connectivity index (χ3v) is 14.1. The Morgan fingerprint density at radius 3 is 1.86 bits per heavy atom. The fourth-order valence-corrected chi connectivity index (χ4v) is 11.1. The van der Waals surface area contributed by atoms with Crippen LogP contribution in [0.5, 0.6) is 17.2 Å². The lowest BCUT2D eigenvalue weighted by molar-refractivity contribution is -0.204. The van der Waals surface area contributed by atoms with Gasteiger partial charge in [-0.15, -0.1) is 9.19 Å². The van der Waals surface area contributed by atoms with Crippen LogP contribution in [-0.4, -0.2) is 83.8 Å². The Bertz CT molecular complexity index is 2350. The highest BCUT2D eigenvalue weighted by Gasteiger charge is 2.65. The van der Waals surface area contributed by atoms with Gasteiger partial charge in [-0.2, -0.15) is 9.61 Å². The highest BCUT2D eigenvalue weighted by molar-refractivity contribution is 7.62. The van der Waals surface area contributed by atoms with Crippen molar-refractivity contribution in [3.8, 4) is 17.2 Å². The van der Waals surface area contributed by atoms with Crippen LogP contribution in [0, 0.1) is 6.92 Å². The molecule has 0 bridgehead atoms. The summed E-state index contributed by atoms with van der Waals surface area (Å²) in [6, 6.07) is 30.6. The van der Waals surface area contributed by atoms with Crippen LogP contribution in [0.25, 0.3) is 0 Å². The van der Waals surface area contributed by atoms with Gasteiger partial charge in [0.1, 0.15) is 35.2 Å². The predicted molar refractivity (Wildman–Crippen MR) is 240 cm³/mol. The zero-order valence-corrected chi connectivity index (χ0v) is 38.1. The molecule has 4 atom stereocenters. The molecular formula is C47H58N4O11P+. The van der Waals surface area contributed by atoms with Gasteiger partial charge >= 0.3 is 13.7 Å².